The van der Waals surface area contributed by atoms with Gasteiger partial charge in [-0.25, -0.2) is 0 Å². The molecule has 1 aromatic heterocycles. The van der Waals surface area contributed by atoms with Gasteiger partial charge >= 0.3 is 0 Å². The highest BCUT2D eigenvalue weighted by atomic mass is 15.3. The number of aromatic nitrogens is 2. The van der Waals surface area contributed by atoms with E-state index in [1.807, 2.05) is 30.3 Å². The summed E-state index contributed by atoms with van der Waals surface area (Å²) < 4.78 is 2.13. The molecule has 1 aliphatic heterocycles. The average Bonchev–Trinajstić information content (AvgIpc) is 3.32. The van der Waals surface area contributed by atoms with Crippen molar-refractivity contribution in [3.05, 3.63) is 113 Å². The van der Waals surface area contributed by atoms with Crippen LogP contribution in [0.25, 0.3) is 11.3 Å². The summed E-state index contributed by atoms with van der Waals surface area (Å²) in [6, 6.07) is 33.6. The van der Waals surface area contributed by atoms with E-state index in [9.17, 15) is 5.26 Å². The quantitative estimate of drug-likeness (QED) is 0.355. The van der Waals surface area contributed by atoms with Crippen LogP contribution in [0.2, 0.25) is 0 Å². The fourth-order valence-electron chi connectivity index (χ4n) is 4.85. The first-order valence-corrected chi connectivity index (χ1v) is 12.2. The molecule has 0 amide bonds. The molecule has 0 atom stereocenters. The molecule has 0 N–H and O–H groups in total. The number of piperidine rings is 1. The van der Waals surface area contributed by atoms with Crippen molar-refractivity contribution in [3.8, 4) is 17.3 Å². The van der Waals surface area contributed by atoms with E-state index in [1.54, 1.807) is 0 Å². The van der Waals surface area contributed by atoms with Crippen LogP contribution in [0.1, 0.15) is 41.1 Å². The van der Waals surface area contributed by atoms with Crippen LogP contribution in [-0.4, -0.2) is 34.3 Å². The molecule has 5 rings (SSSR count). The Morgan fingerprint density at radius 2 is 1.47 bits per heavy atom. The lowest BCUT2D eigenvalue weighted by atomic mass is 9.93. The van der Waals surface area contributed by atoms with Gasteiger partial charge in [-0.1, -0.05) is 72.8 Å². The van der Waals surface area contributed by atoms with Gasteiger partial charge in [0.05, 0.1) is 29.6 Å². The normalized spacial score (nSPS) is 14.7. The first-order chi connectivity index (χ1) is 16.8. The molecular formula is C30H30N4. The molecule has 0 bridgehead atoms. The van der Waals surface area contributed by atoms with Gasteiger partial charge < -0.3 is 4.90 Å². The van der Waals surface area contributed by atoms with Crippen molar-refractivity contribution in [2.75, 3.05) is 19.6 Å². The first kappa shape index (κ1) is 22.1. The standard InChI is InChI=1S/C30H30N4/c31-22-25-11-13-28(14-12-25)30-21-29(32-34(30)23-26-9-5-2-6-10-26)27-16-19-33(20-17-27)18-15-24-7-3-1-4-8-24/h1-14,21,27H,15-20,23H2. The minimum atomic E-state index is 0.488. The van der Waals surface area contributed by atoms with Gasteiger partial charge in [0.15, 0.2) is 0 Å². The third kappa shape index (κ3) is 5.27. The van der Waals surface area contributed by atoms with Crippen molar-refractivity contribution < 1.29 is 0 Å². The molecule has 34 heavy (non-hydrogen) atoms. The summed E-state index contributed by atoms with van der Waals surface area (Å²) in [5, 5.41) is 14.3. The third-order valence-electron chi connectivity index (χ3n) is 6.85. The summed E-state index contributed by atoms with van der Waals surface area (Å²) >= 11 is 0. The molecule has 4 aromatic rings. The van der Waals surface area contributed by atoms with Crippen molar-refractivity contribution in [2.24, 2.45) is 0 Å². The maximum atomic E-state index is 9.18. The molecule has 1 fully saturated rings. The Balaban J connectivity index is 1.31. The second-order valence-electron chi connectivity index (χ2n) is 9.14. The Kier molecular flexibility index (Phi) is 6.84. The molecule has 170 valence electrons. The van der Waals surface area contributed by atoms with E-state index < -0.39 is 0 Å². The van der Waals surface area contributed by atoms with Gasteiger partial charge in [0.2, 0.25) is 0 Å². The molecule has 0 spiro atoms. The fourth-order valence-corrected chi connectivity index (χ4v) is 4.85. The topological polar surface area (TPSA) is 44.9 Å². The number of nitriles is 1. The lowest BCUT2D eigenvalue weighted by Crippen LogP contribution is -2.34. The summed E-state index contributed by atoms with van der Waals surface area (Å²) in [6.07, 6.45) is 3.40. The zero-order valence-corrected chi connectivity index (χ0v) is 19.5. The zero-order valence-electron chi connectivity index (χ0n) is 19.5. The molecule has 4 nitrogen and oxygen atoms in total. The van der Waals surface area contributed by atoms with Gasteiger partial charge in [0.1, 0.15) is 0 Å². The van der Waals surface area contributed by atoms with Gasteiger partial charge in [-0.05, 0) is 67.2 Å². The van der Waals surface area contributed by atoms with Gasteiger partial charge in [0, 0.05) is 12.5 Å². The highest BCUT2D eigenvalue weighted by Gasteiger charge is 2.24. The zero-order chi connectivity index (χ0) is 23.2. The number of hydrogen-bond donors (Lipinski definition) is 0. The number of nitrogens with zero attached hydrogens (tertiary/aromatic N) is 4. The van der Waals surface area contributed by atoms with Crippen molar-refractivity contribution in [1.82, 2.24) is 14.7 Å². The van der Waals surface area contributed by atoms with Gasteiger partial charge in [-0.3, -0.25) is 4.68 Å². The highest BCUT2D eigenvalue weighted by molar-refractivity contribution is 5.61. The minimum absolute atomic E-state index is 0.488. The second-order valence-corrected chi connectivity index (χ2v) is 9.14. The maximum Gasteiger partial charge on any atom is 0.0991 e. The van der Waals surface area contributed by atoms with Crippen LogP contribution in [0, 0.1) is 11.3 Å². The smallest absolute Gasteiger partial charge is 0.0991 e. The Morgan fingerprint density at radius 1 is 0.824 bits per heavy atom. The van der Waals surface area contributed by atoms with Crippen LogP contribution < -0.4 is 0 Å². The number of hydrogen-bond acceptors (Lipinski definition) is 3. The van der Waals surface area contributed by atoms with Crippen LogP contribution in [0.15, 0.2) is 91.0 Å². The number of rotatable bonds is 7. The molecule has 0 unspecified atom stereocenters. The lowest BCUT2D eigenvalue weighted by Gasteiger charge is -2.31. The largest absolute Gasteiger partial charge is 0.303 e. The number of likely N-dealkylation sites (tertiary alicyclic amines) is 1. The lowest BCUT2D eigenvalue weighted by molar-refractivity contribution is 0.213. The van der Waals surface area contributed by atoms with Gasteiger partial charge in [0.25, 0.3) is 0 Å². The van der Waals surface area contributed by atoms with Crippen LogP contribution >= 0.6 is 0 Å². The molecule has 0 aliphatic carbocycles. The predicted octanol–water partition coefficient (Wildman–Crippen LogP) is 5.89. The van der Waals surface area contributed by atoms with Crippen molar-refractivity contribution in [2.45, 2.75) is 31.7 Å². The molecule has 0 saturated carbocycles. The van der Waals surface area contributed by atoms with Crippen LogP contribution in [0.5, 0.6) is 0 Å². The maximum absolute atomic E-state index is 9.18. The molecule has 1 saturated heterocycles. The molecule has 2 heterocycles. The third-order valence-corrected chi connectivity index (χ3v) is 6.85. The Labute approximate surface area is 202 Å². The van der Waals surface area contributed by atoms with E-state index in [0.717, 1.165) is 56.7 Å². The van der Waals surface area contributed by atoms with E-state index in [0.29, 0.717) is 11.5 Å². The summed E-state index contributed by atoms with van der Waals surface area (Å²) in [5.41, 5.74) is 6.75. The van der Waals surface area contributed by atoms with Crippen LogP contribution in [0.3, 0.4) is 0 Å². The highest BCUT2D eigenvalue weighted by Crippen LogP contribution is 2.31. The molecule has 3 aromatic carbocycles. The second kappa shape index (κ2) is 10.5. The van der Waals surface area contributed by atoms with E-state index in [4.69, 9.17) is 5.10 Å². The summed E-state index contributed by atoms with van der Waals surface area (Å²) in [7, 11) is 0. The summed E-state index contributed by atoms with van der Waals surface area (Å²) in [6.45, 7) is 4.10. The van der Waals surface area contributed by atoms with Crippen molar-refractivity contribution in [3.63, 3.8) is 0 Å². The molecule has 1 aliphatic rings. The van der Waals surface area contributed by atoms with Crippen LogP contribution in [-0.2, 0) is 13.0 Å². The van der Waals surface area contributed by atoms with E-state index in [1.165, 1.54) is 16.8 Å². The fraction of sp³-hybridized carbons (Fsp3) is 0.267. The SMILES string of the molecule is N#Cc1ccc(-c2cc(C3CCN(CCc4ccccc4)CC3)nn2Cc2ccccc2)cc1. The Hall–Kier alpha value is -3.68. The van der Waals surface area contributed by atoms with Crippen LogP contribution in [0.4, 0.5) is 0 Å². The summed E-state index contributed by atoms with van der Waals surface area (Å²) in [4.78, 5) is 2.59. The predicted molar refractivity (Wildman–Crippen MR) is 136 cm³/mol. The molecule has 4 heteroatoms. The molecule has 0 radical (unpaired) electrons. The van der Waals surface area contributed by atoms with E-state index in [2.05, 4.69) is 76.3 Å². The summed E-state index contributed by atoms with van der Waals surface area (Å²) in [5.74, 6) is 0.488. The number of benzene rings is 3. The first-order valence-electron chi connectivity index (χ1n) is 12.2. The Bertz CT molecular complexity index is 1230. The average molecular weight is 447 g/mol. The van der Waals surface area contributed by atoms with E-state index >= 15 is 0 Å². The molecular weight excluding hydrogens is 416 g/mol. The van der Waals surface area contributed by atoms with E-state index in [-0.39, 0.29) is 0 Å². The Morgan fingerprint density at radius 3 is 2.12 bits per heavy atom. The van der Waals surface area contributed by atoms with Gasteiger partial charge in [-0.15, -0.1) is 0 Å². The minimum Gasteiger partial charge on any atom is -0.303 e. The van der Waals surface area contributed by atoms with Crippen molar-refractivity contribution >= 4 is 0 Å². The monoisotopic (exact) mass is 446 g/mol. The van der Waals surface area contributed by atoms with Gasteiger partial charge in [-0.2, -0.15) is 10.4 Å². The van der Waals surface area contributed by atoms with Crippen molar-refractivity contribution in [1.29, 1.82) is 5.26 Å².